The maximum absolute atomic E-state index is 12.1. The Kier molecular flexibility index (Phi) is 6.63. The molecular formula is C24H38O7. The summed E-state index contributed by atoms with van der Waals surface area (Å²) >= 11 is 0. The summed E-state index contributed by atoms with van der Waals surface area (Å²) in [6.07, 6.45) is -0.700. The van der Waals surface area contributed by atoms with Gasteiger partial charge in [-0.05, 0) is 50.5 Å². The number of ether oxygens (including phenoxy) is 3. The largest absolute Gasteiger partial charge is 0.460 e. The predicted molar refractivity (Wildman–Crippen MR) is 114 cm³/mol. The van der Waals surface area contributed by atoms with Crippen LogP contribution in [0.15, 0.2) is 12.2 Å². The van der Waals surface area contributed by atoms with Gasteiger partial charge in [-0.25, -0.2) is 0 Å². The molecule has 31 heavy (non-hydrogen) atoms. The fraction of sp³-hybridized carbons (Fsp3) is 0.833. The van der Waals surface area contributed by atoms with Crippen molar-refractivity contribution in [1.82, 2.24) is 0 Å². The van der Waals surface area contributed by atoms with E-state index >= 15 is 0 Å². The van der Waals surface area contributed by atoms with Gasteiger partial charge in [-0.15, -0.1) is 0 Å². The van der Waals surface area contributed by atoms with Gasteiger partial charge in [0.15, 0.2) is 0 Å². The van der Waals surface area contributed by atoms with Crippen molar-refractivity contribution in [2.24, 2.45) is 23.7 Å². The summed E-state index contributed by atoms with van der Waals surface area (Å²) in [5.41, 5.74) is -1.59. The van der Waals surface area contributed by atoms with Crippen LogP contribution in [-0.2, 0) is 23.8 Å². The lowest BCUT2D eigenvalue weighted by Crippen LogP contribution is -2.53. The Bertz CT molecular complexity index is 729. The van der Waals surface area contributed by atoms with Gasteiger partial charge in [-0.1, -0.05) is 20.4 Å². The molecule has 176 valence electrons. The van der Waals surface area contributed by atoms with Crippen LogP contribution in [0.4, 0.5) is 0 Å². The molecule has 1 aliphatic carbocycles. The lowest BCUT2D eigenvalue weighted by atomic mass is 9.60. The van der Waals surface area contributed by atoms with Crippen LogP contribution in [-0.4, -0.2) is 57.8 Å². The van der Waals surface area contributed by atoms with Gasteiger partial charge in [0.25, 0.3) is 0 Å². The maximum Gasteiger partial charge on any atom is 0.303 e. The van der Waals surface area contributed by atoms with Gasteiger partial charge in [0.05, 0.1) is 12.2 Å². The highest BCUT2D eigenvalue weighted by Gasteiger charge is 2.61. The number of hydrogen-bond donors (Lipinski definition) is 2. The van der Waals surface area contributed by atoms with Gasteiger partial charge >= 0.3 is 11.9 Å². The molecule has 0 radical (unpaired) electrons. The highest BCUT2D eigenvalue weighted by molar-refractivity contribution is 5.67. The second kappa shape index (κ2) is 8.49. The topological polar surface area (TPSA) is 102 Å². The Balaban J connectivity index is 2.10. The SMILES string of the molecule is C=C1C(O)CC(C(C)C)C2C1C1CC(C)(O)C(OC(C)=O)CCC(C)(OC(C)=O)C2O1. The molecule has 1 saturated carbocycles. The van der Waals surface area contributed by atoms with E-state index in [2.05, 4.69) is 20.4 Å². The quantitative estimate of drug-likeness (QED) is 0.516. The minimum absolute atomic E-state index is 0.00586. The van der Waals surface area contributed by atoms with Gasteiger partial charge < -0.3 is 24.4 Å². The summed E-state index contributed by atoms with van der Waals surface area (Å²) in [7, 11) is 0. The molecule has 2 N–H and O–H groups in total. The molecule has 0 aromatic rings. The van der Waals surface area contributed by atoms with Crippen LogP contribution in [0.25, 0.3) is 0 Å². The van der Waals surface area contributed by atoms with Crippen LogP contribution in [0.2, 0.25) is 0 Å². The van der Waals surface area contributed by atoms with Gasteiger partial charge in [0.1, 0.15) is 23.4 Å². The molecule has 3 aliphatic rings. The fourth-order valence-electron chi connectivity index (χ4n) is 6.24. The smallest absolute Gasteiger partial charge is 0.303 e. The summed E-state index contributed by atoms with van der Waals surface area (Å²) < 4.78 is 18.0. The third kappa shape index (κ3) is 4.55. The molecular weight excluding hydrogens is 400 g/mol. The molecule has 3 fully saturated rings. The molecule has 2 saturated heterocycles. The van der Waals surface area contributed by atoms with Crippen molar-refractivity contribution in [2.75, 3.05) is 0 Å². The third-order valence-electron chi connectivity index (χ3n) is 7.69. The minimum Gasteiger partial charge on any atom is -0.460 e. The highest BCUT2D eigenvalue weighted by atomic mass is 16.6. The first kappa shape index (κ1) is 24.2. The molecule has 3 rings (SSSR count). The summed E-state index contributed by atoms with van der Waals surface area (Å²) in [5, 5.41) is 22.1. The Hall–Kier alpha value is -1.44. The Morgan fingerprint density at radius 1 is 1.23 bits per heavy atom. The van der Waals surface area contributed by atoms with Crippen molar-refractivity contribution in [3.05, 3.63) is 12.2 Å². The van der Waals surface area contributed by atoms with E-state index < -0.39 is 47.6 Å². The minimum atomic E-state index is -1.34. The van der Waals surface area contributed by atoms with Crippen molar-refractivity contribution in [2.45, 2.75) is 103 Å². The van der Waals surface area contributed by atoms with E-state index in [1.807, 2.05) is 6.92 Å². The van der Waals surface area contributed by atoms with Crippen molar-refractivity contribution >= 4 is 11.9 Å². The molecule has 0 amide bonds. The number of esters is 2. The second-order valence-corrected chi connectivity index (χ2v) is 10.5. The summed E-state index contributed by atoms with van der Waals surface area (Å²) in [6.45, 7) is 14.7. The molecule has 0 aromatic carbocycles. The standard InChI is InChI=1S/C24H38O7/c1-12(2)16-10-17(27)13(3)20-18-11-23(6,28)19(29-14(4)25)8-9-24(7,31-15(5)26)22(30-18)21(16)20/h12,16-22,27-28H,3,8-11H2,1-2,4-7H3. The van der Waals surface area contributed by atoms with Crippen LogP contribution in [0.1, 0.15) is 67.2 Å². The summed E-state index contributed by atoms with van der Waals surface area (Å²) in [5.74, 6) is -0.607. The van der Waals surface area contributed by atoms with Crippen molar-refractivity contribution in [1.29, 1.82) is 0 Å². The van der Waals surface area contributed by atoms with Crippen LogP contribution < -0.4 is 0 Å². The van der Waals surface area contributed by atoms with Crippen LogP contribution in [0.3, 0.4) is 0 Å². The van der Waals surface area contributed by atoms with E-state index in [1.54, 1.807) is 6.92 Å². The van der Waals surface area contributed by atoms with E-state index in [9.17, 15) is 19.8 Å². The molecule has 2 bridgehead atoms. The van der Waals surface area contributed by atoms with Crippen molar-refractivity contribution < 1.29 is 34.0 Å². The van der Waals surface area contributed by atoms with Gasteiger partial charge in [-0.2, -0.15) is 0 Å². The van der Waals surface area contributed by atoms with Crippen LogP contribution >= 0.6 is 0 Å². The summed E-state index contributed by atoms with van der Waals surface area (Å²) in [6, 6.07) is 0. The van der Waals surface area contributed by atoms with E-state index in [-0.39, 0.29) is 24.2 Å². The third-order valence-corrected chi connectivity index (χ3v) is 7.69. The molecule has 0 spiro atoms. The number of rotatable bonds is 3. The van der Waals surface area contributed by atoms with E-state index in [0.717, 1.165) is 0 Å². The zero-order valence-corrected chi connectivity index (χ0v) is 19.6. The van der Waals surface area contributed by atoms with Gasteiger partial charge in [-0.3, -0.25) is 9.59 Å². The first-order valence-corrected chi connectivity index (χ1v) is 11.4. The Labute approximate surface area is 185 Å². The summed E-state index contributed by atoms with van der Waals surface area (Å²) in [4.78, 5) is 23.8. The number of aliphatic hydroxyl groups is 2. The average Bonchev–Trinajstić information content (AvgIpc) is 3.00. The average molecular weight is 439 g/mol. The van der Waals surface area contributed by atoms with E-state index in [1.165, 1.54) is 13.8 Å². The molecule has 9 atom stereocenters. The fourth-order valence-corrected chi connectivity index (χ4v) is 6.24. The van der Waals surface area contributed by atoms with Gasteiger partial charge in [0, 0.05) is 32.1 Å². The number of carbonyl (C=O) groups excluding carboxylic acids is 2. The zero-order valence-electron chi connectivity index (χ0n) is 19.6. The van der Waals surface area contributed by atoms with Crippen molar-refractivity contribution in [3.8, 4) is 0 Å². The van der Waals surface area contributed by atoms with Crippen LogP contribution in [0.5, 0.6) is 0 Å². The second-order valence-electron chi connectivity index (χ2n) is 10.5. The van der Waals surface area contributed by atoms with E-state index in [0.29, 0.717) is 30.8 Å². The molecule has 9 unspecified atom stereocenters. The number of hydrogen-bond acceptors (Lipinski definition) is 7. The van der Waals surface area contributed by atoms with Crippen LogP contribution in [0, 0.1) is 23.7 Å². The molecule has 7 nitrogen and oxygen atoms in total. The lowest BCUT2D eigenvalue weighted by Gasteiger charge is -2.47. The lowest BCUT2D eigenvalue weighted by molar-refractivity contribution is -0.180. The number of aliphatic hydroxyl groups excluding tert-OH is 1. The maximum atomic E-state index is 12.1. The monoisotopic (exact) mass is 438 g/mol. The molecule has 2 aliphatic heterocycles. The molecule has 7 heteroatoms. The predicted octanol–water partition coefficient (Wildman–Crippen LogP) is 2.77. The molecule has 0 aromatic heterocycles. The Morgan fingerprint density at radius 2 is 1.87 bits per heavy atom. The van der Waals surface area contributed by atoms with Crippen molar-refractivity contribution in [3.63, 3.8) is 0 Å². The zero-order chi connectivity index (χ0) is 23.3. The first-order chi connectivity index (χ1) is 14.3. The molecule has 2 heterocycles. The first-order valence-electron chi connectivity index (χ1n) is 11.4. The van der Waals surface area contributed by atoms with Gasteiger partial charge in [0.2, 0.25) is 0 Å². The number of fused-ring (bicyclic) bond motifs is 5. The Morgan fingerprint density at radius 3 is 2.42 bits per heavy atom. The number of carbonyl (C=O) groups is 2. The normalized spacial score (nSPS) is 45.3. The highest BCUT2D eigenvalue weighted by Crippen LogP contribution is 2.56. The van der Waals surface area contributed by atoms with E-state index in [4.69, 9.17) is 14.2 Å².